The van der Waals surface area contributed by atoms with Gasteiger partial charge in [-0.25, -0.2) is 4.79 Å². The molecule has 1 aromatic carbocycles. The van der Waals surface area contributed by atoms with E-state index in [0.717, 1.165) is 17.0 Å². The molecular formula is C18H16ClF3N2O4S. The van der Waals surface area contributed by atoms with E-state index < -0.39 is 30.2 Å². The number of ether oxygens (including phenoxy) is 1. The van der Waals surface area contributed by atoms with Gasteiger partial charge in [0.25, 0.3) is 5.91 Å². The summed E-state index contributed by atoms with van der Waals surface area (Å²) in [6.07, 6.45) is -4.61. The highest BCUT2D eigenvalue weighted by Crippen LogP contribution is 2.34. The van der Waals surface area contributed by atoms with Crippen molar-refractivity contribution in [2.75, 3.05) is 17.2 Å². The zero-order valence-electron chi connectivity index (χ0n) is 15.5. The molecule has 1 heterocycles. The van der Waals surface area contributed by atoms with Crippen LogP contribution in [0.1, 0.15) is 33.3 Å². The van der Waals surface area contributed by atoms with Crippen molar-refractivity contribution in [3.8, 4) is 0 Å². The number of carbonyl (C=O) groups excluding carboxylic acids is 3. The first-order valence-corrected chi connectivity index (χ1v) is 9.31. The van der Waals surface area contributed by atoms with Crippen LogP contribution in [0.3, 0.4) is 0 Å². The molecule has 2 aromatic rings. The van der Waals surface area contributed by atoms with Gasteiger partial charge in [0.15, 0.2) is 6.61 Å². The zero-order chi connectivity index (χ0) is 21.9. The van der Waals surface area contributed by atoms with Crippen LogP contribution in [0.25, 0.3) is 0 Å². The van der Waals surface area contributed by atoms with Crippen LogP contribution in [-0.4, -0.2) is 24.4 Å². The van der Waals surface area contributed by atoms with Gasteiger partial charge in [0.2, 0.25) is 5.91 Å². The van der Waals surface area contributed by atoms with Crippen molar-refractivity contribution >= 4 is 51.4 Å². The normalized spacial score (nSPS) is 11.1. The second-order valence-electron chi connectivity index (χ2n) is 5.99. The number of rotatable bonds is 5. The molecule has 11 heteroatoms. The Bertz CT molecular complexity index is 973. The highest BCUT2D eigenvalue weighted by Gasteiger charge is 2.31. The molecule has 0 aliphatic carbocycles. The minimum absolute atomic E-state index is 0.102. The summed E-state index contributed by atoms with van der Waals surface area (Å²) in [5.74, 6) is -2.09. The Morgan fingerprint density at radius 3 is 2.41 bits per heavy atom. The Morgan fingerprint density at radius 2 is 1.83 bits per heavy atom. The largest absolute Gasteiger partial charge is 0.452 e. The van der Waals surface area contributed by atoms with Crippen molar-refractivity contribution in [1.29, 1.82) is 0 Å². The molecule has 156 valence electrons. The van der Waals surface area contributed by atoms with Crippen LogP contribution in [-0.2, 0) is 20.5 Å². The third-order valence-corrected chi connectivity index (χ3v) is 5.23. The number of hydrogen-bond donors (Lipinski definition) is 2. The van der Waals surface area contributed by atoms with Crippen LogP contribution >= 0.6 is 22.9 Å². The molecular weight excluding hydrogens is 433 g/mol. The van der Waals surface area contributed by atoms with E-state index in [4.69, 9.17) is 16.3 Å². The molecule has 0 unspecified atom stereocenters. The predicted molar refractivity (Wildman–Crippen MR) is 103 cm³/mol. The number of thiophene rings is 1. The van der Waals surface area contributed by atoms with E-state index in [2.05, 4.69) is 10.6 Å². The van der Waals surface area contributed by atoms with Gasteiger partial charge < -0.3 is 15.4 Å². The highest BCUT2D eigenvalue weighted by atomic mass is 35.5. The molecule has 0 atom stereocenters. The molecule has 0 spiro atoms. The third kappa shape index (κ3) is 5.70. The molecule has 0 bridgehead atoms. The van der Waals surface area contributed by atoms with Crippen LogP contribution in [0, 0.1) is 13.8 Å². The molecule has 1 aromatic heterocycles. The molecule has 0 radical (unpaired) electrons. The van der Waals surface area contributed by atoms with Gasteiger partial charge in [-0.05, 0) is 37.6 Å². The number of carbonyl (C=O) groups is 3. The molecule has 6 nitrogen and oxygen atoms in total. The van der Waals surface area contributed by atoms with E-state index in [1.165, 1.54) is 18.3 Å². The SMILES string of the molecule is CC(=O)Nc1sc(C)c(C)c1C(=O)OCC(=O)Nc1cc(C(F)(F)F)ccc1Cl. The first-order chi connectivity index (χ1) is 13.4. The molecule has 2 rings (SSSR count). The van der Waals surface area contributed by atoms with Crippen molar-refractivity contribution < 1.29 is 32.3 Å². The minimum Gasteiger partial charge on any atom is -0.452 e. The summed E-state index contributed by atoms with van der Waals surface area (Å²) in [6, 6.07) is 2.47. The van der Waals surface area contributed by atoms with E-state index in [9.17, 15) is 27.6 Å². The van der Waals surface area contributed by atoms with Gasteiger partial charge in [-0.15, -0.1) is 11.3 Å². The van der Waals surface area contributed by atoms with Gasteiger partial charge in [0.05, 0.1) is 21.8 Å². The summed E-state index contributed by atoms with van der Waals surface area (Å²) in [4.78, 5) is 36.5. The lowest BCUT2D eigenvalue weighted by Crippen LogP contribution is -2.22. The van der Waals surface area contributed by atoms with E-state index in [1.807, 2.05) is 0 Å². The predicted octanol–water partition coefficient (Wildman–Crippen LogP) is 4.79. The number of esters is 1. The Hall–Kier alpha value is -2.59. The first kappa shape index (κ1) is 22.7. The van der Waals surface area contributed by atoms with Crippen LogP contribution in [0.2, 0.25) is 5.02 Å². The van der Waals surface area contributed by atoms with Crippen LogP contribution in [0.4, 0.5) is 23.9 Å². The highest BCUT2D eigenvalue weighted by molar-refractivity contribution is 7.16. The second-order valence-corrected chi connectivity index (χ2v) is 7.62. The number of halogens is 4. The van der Waals surface area contributed by atoms with E-state index in [0.29, 0.717) is 16.6 Å². The van der Waals surface area contributed by atoms with Gasteiger partial charge in [-0.2, -0.15) is 13.2 Å². The summed E-state index contributed by atoms with van der Waals surface area (Å²) in [6.45, 7) is 3.95. The van der Waals surface area contributed by atoms with Gasteiger partial charge in [-0.3, -0.25) is 9.59 Å². The maximum atomic E-state index is 12.8. The van der Waals surface area contributed by atoms with E-state index in [-0.39, 0.29) is 22.2 Å². The molecule has 0 fully saturated rings. The van der Waals surface area contributed by atoms with E-state index in [1.54, 1.807) is 13.8 Å². The Kier molecular flexibility index (Phi) is 6.91. The van der Waals surface area contributed by atoms with Crippen molar-refractivity contribution in [2.24, 2.45) is 0 Å². The Balaban J connectivity index is 2.09. The number of hydrogen-bond acceptors (Lipinski definition) is 5. The first-order valence-electron chi connectivity index (χ1n) is 8.11. The zero-order valence-corrected chi connectivity index (χ0v) is 17.1. The number of amides is 2. The number of nitrogens with one attached hydrogen (secondary N) is 2. The molecule has 0 saturated carbocycles. The average molecular weight is 449 g/mol. The molecule has 29 heavy (non-hydrogen) atoms. The number of benzene rings is 1. The smallest absolute Gasteiger partial charge is 0.416 e. The number of alkyl halides is 3. The van der Waals surface area contributed by atoms with Crippen molar-refractivity contribution in [3.63, 3.8) is 0 Å². The summed E-state index contributed by atoms with van der Waals surface area (Å²) < 4.78 is 43.3. The molecule has 0 aliphatic heterocycles. The standard InChI is InChI=1S/C18H16ClF3N2O4S/c1-8-9(2)29-16(23-10(3)25)15(8)17(27)28-7-14(26)24-13-6-11(18(20,21)22)4-5-12(13)19/h4-6H,7H2,1-3H3,(H,23,25)(H,24,26). The van der Waals surface area contributed by atoms with Crippen molar-refractivity contribution in [3.05, 3.63) is 44.8 Å². The van der Waals surface area contributed by atoms with Crippen LogP contribution < -0.4 is 10.6 Å². The monoisotopic (exact) mass is 448 g/mol. The Labute approximate surface area is 173 Å². The van der Waals surface area contributed by atoms with E-state index >= 15 is 0 Å². The maximum absolute atomic E-state index is 12.8. The van der Waals surface area contributed by atoms with Crippen molar-refractivity contribution in [1.82, 2.24) is 0 Å². The summed E-state index contributed by atoms with van der Waals surface area (Å²) in [5, 5.41) is 4.90. The molecule has 0 saturated heterocycles. The molecule has 2 amide bonds. The second kappa shape index (κ2) is 8.83. The lowest BCUT2D eigenvalue weighted by molar-refractivity contribution is -0.137. The van der Waals surface area contributed by atoms with Crippen molar-refractivity contribution in [2.45, 2.75) is 26.9 Å². The maximum Gasteiger partial charge on any atom is 0.416 e. The van der Waals surface area contributed by atoms with Gasteiger partial charge in [0.1, 0.15) is 5.00 Å². The number of anilines is 2. The molecule has 2 N–H and O–H groups in total. The third-order valence-electron chi connectivity index (χ3n) is 3.78. The van der Waals surface area contributed by atoms with Gasteiger partial charge >= 0.3 is 12.1 Å². The fraction of sp³-hybridized carbons (Fsp3) is 0.278. The Morgan fingerprint density at radius 1 is 1.17 bits per heavy atom. The fourth-order valence-corrected chi connectivity index (χ4v) is 3.57. The van der Waals surface area contributed by atoms with Crippen LogP contribution in [0.15, 0.2) is 18.2 Å². The fourth-order valence-electron chi connectivity index (χ4n) is 2.31. The average Bonchev–Trinajstić information content (AvgIpc) is 2.87. The summed E-state index contributed by atoms with van der Waals surface area (Å²) >= 11 is 7.00. The quantitative estimate of drug-likeness (QED) is 0.644. The topological polar surface area (TPSA) is 84.5 Å². The van der Waals surface area contributed by atoms with Gasteiger partial charge in [-0.1, -0.05) is 11.6 Å². The molecule has 0 aliphatic rings. The summed E-state index contributed by atoms with van der Waals surface area (Å²) in [7, 11) is 0. The lowest BCUT2D eigenvalue weighted by atomic mass is 10.1. The van der Waals surface area contributed by atoms with Gasteiger partial charge in [0, 0.05) is 11.8 Å². The van der Waals surface area contributed by atoms with Crippen LogP contribution in [0.5, 0.6) is 0 Å². The minimum atomic E-state index is -4.61. The lowest BCUT2D eigenvalue weighted by Gasteiger charge is -2.12. The summed E-state index contributed by atoms with van der Waals surface area (Å²) in [5.41, 5.74) is -0.541. The number of aryl methyl sites for hydroxylation is 1.